The second-order valence-corrected chi connectivity index (χ2v) is 7.48. The van der Waals surface area contributed by atoms with Gasteiger partial charge in [0.15, 0.2) is 0 Å². The summed E-state index contributed by atoms with van der Waals surface area (Å²) in [5.41, 5.74) is 0.540. The minimum Gasteiger partial charge on any atom is -0.378 e. The zero-order chi connectivity index (χ0) is 19.6. The molecule has 0 heterocycles. The fourth-order valence-corrected chi connectivity index (χ4v) is 3.61. The summed E-state index contributed by atoms with van der Waals surface area (Å²) < 4.78 is 19.1. The molecule has 1 amide bonds. The van der Waals surface area contributed by atoms with Gasteiger partial charge in [0.05, 0.1) is 6.10 Å². The molecule has 4 nitrogen and oxygen atoms in total. The summed E-state index contributed by atoms with van der Waals surface area (Å²) in [6.07, 6.45) is 8.32. The Morgan fingerprint density at radius 1 is 1.19 bits per heavy atom. The van der Waals surface area contributed by atoms with Gasteiger partial charge in [0.2, 0.25) is 0 Å². The standard InChI is InChI=1S/C22H33FN2O2/c1-4-15-24(2)16-5-6-17-27-21-13-11-20(12-14-21)25(3)22(26)18-7-9-19(23)10-8-18/h4,7-10,20-21H,1,5-6,11-17H2,2-3H3. The number of rotatable bonds is 10. The van der Waals surface area contributed by atoms with Gasteiger partial charge in [-0.05, 0) is 76.4 Å². The highest BCUT2D eigenvalue weighted by molar-refractivity contribution is 5.94. The Bertz CT molecular complexity index is 582. The number of hydrogen-bond donors (Lipinski definition) is 0. The van der Waals surface area contributed by atoms with Crippen LogP contribution in [0.25, 0.3) is 0 Å². The van der Waals surface area contributed by atoms with Crippen molar-refractivity contribution in [3.63, 3.8) is 0 Å². The van der Waals surface area contributed by atoms with Gasteiger partial charge in [-0.25, -0.2) is 4.39 Å². The molecule has 0 radical (unpaired) electrons. The number of hydrogen-bond acceptors (Lipinski definition) is 3. The van der Waals surface area contributed by atoms with Crippen molar-refractivity contribution >= 4 is 5.91 Å². The molecule has 1 aliphatic rings. The van der Waals surface area contributed by atoms with Crippen molar-refractivity contribution in [2.24, 2.45) is 0 Å². The smallest absolute Gasteiger partial charge is 0.253 e. The van der Waals surface area contributed by atoms with Gasteiger partial charge in [-0.2, -0.15) is 0 Å². The number of carbonyl (C=O) groups excluding carboxylic acids is 1. The van der Waals surface area contributed by atoms with Crippen LogP contribution in [0.5, 0.6) is 0 Å². The molecule has 1 aromatic carbocycles. The Morgan fingerprint density at radius 2 is 1.85 bits per heavy atom. The van der Waals surface area contributed by atoms with Crippen LogP contribution in [0.4, 0.5) is 4.39 Å². The van der Waals surface area contributed by atoms with E-state index >= 15 is 0 Å². The molecule has 0 atom stereocenters. The summed E-state index contributed by atoms with van der Waals surface area (Å²) in [6.45, 7) is 6.55. The summed E-state index contributed by atoms with van der Waals surface area (Å²) in [4.78, 5) is 16.6. The van der Waals surface area contributed by atoms with Crippen molar-refractivity contribution in [3.8, 4) is 0 Å². The molecular weight excluding hydrogens is 343 g/mol. The number of halogens is 1. The van der Waals surface area contributed by atoms with Gasteiger partial charge < -0.3 is 14.5 Å². The fourth-order valence-electron chi connectivity index (χ4n) is 3.61. The first kappa shape index (κ1) is 21.6. The van der Waals surface area contributed by atoms with Gasteiger partial charge in [0, 0.05) is 31.8 Å². The van der Waals surface area contributed by atoms with Crippen LogP contribution in [0.2, 0.25) is 0 Å². The third-order valence-corrected chi connectivity index (χ3v) is 5.33. The number of unbranched alkanes of at least 4 members (excludes halogenated alkanes) is 1. The van der Waals surface area contributed by atoms with Crippen LogP contribution in [-0.2, 0) is 4.74 Å². The highest BCUT2D eigenvalue weighted by Crippen LogP contribution is 2.25. The number of ether oxygens (including phenoxy) is 1. The van der Waals surface area contributed by atoms with E-state index in [4.69, 9.17) is 4.74 Å². The third-order valence-electron chi connectivity index (χ3n) is 5.33. The molecule has 150 valence electrons. The Balaban J connectivity index is 1.65. The molecule has 0 spiro atoms. The zero-order valence-corrected chi connectivity index (χ0v) is 16.7. The number of benzene rings is 1. The first-order chi connectivity index (χ1) is 13.0. The van der Waals surface area contributed by atoms with Crippen molar-refractivity contribution in [3.05, 3.63) is 48.3 Å². The highest BCUT2D eigenvalue weighted by atomic mass is 19.1. The van der Waals surface area contributed by atoms with E-state index in [1.807, 2.05) is 13.1 Å². The first-order valence-electron chi connectivity index (χ1n) is 9.95. The topological polar surface area (TPSA) is 32.8 Å². The van der Waals surface area contributed by atoms with Crippen LogP contribution < -0.4 is 0 Å². The monoisotopic (exact) mass is 376 g/mol. The molecular formula is C22H33FN2O2. The maximum absolute atomic E-state index is 13.0. The van der Waals surface area contributed by atoms with Gasteiger partial charge >= 0.3 is 0 Å². The maximum Gasteiger partial charge on any atom is 0.253 e. The summed E-state index contributed by atoms with van der Waals surface area (Å²) >= 11 is 0. The van der Waals surface area contributed by atoms with E-state index in [0.717, 1.165) is 58.2 Å². The van der Waals surface area contributed by atoms with Gasteiger partial charge in [-0.1, -0.05) is 6.08 Å². The first-order valence-corrected chi connectivity index (χ1v) is 9.95. The number of amides is 1. The predicted octanol–water partition coefficient (Wildman–Crippen LogP) is 4.12. The largest absolute Gasteiger partial charge is 0.378 e. The lowest BCUT2D eigenvalue weighted by Crippen LogP contribution is -2.40. The zero-order valence-electron chi connectivity index (χ0n) is 16.7. The van der Waals surface area contributed by atoms with E-state index < -0.39 is 0 Å². The number of nitrogens with zero attached hydrogens (tertiary/aromatic N) is 2. The van der Waals surface area contributed by atoms with E-state index in [1.165, 1.54) is 12.1 Å². The normalized spacial score (nSPS) is 19.9. The van der Waals surface area contributed by atoms with Gasteiger partial charge in [-0.15, -0.1) is 6.58 Å². The molecule has 0 N–H and O–H groups in total. The van der Waals surface area contributed by atoms with E-state index in [-0.39, 0.29) is 17.8 Å². The number of carbonyl (C=O) groups is 1. The van der Waals surface area contributed by atoms with Crippen LogP contribution in [-0.4, -0.2) is 61.6 Å². The van der Waals surface area contributed by atoms with Gasteiger partial charge in [0.25, 0.3) is 5.91 Å². The van der Waals surface area contributed by atoms with Crippen LogP contribution >= 0.6 is 0 Å². The van der Waals surface area contributed by atoms with Crippen LogP contribution in [0.15, 0.2) is 36.9 Å². The maximum atomic E-state index is 13.0. The van der Waals surface area contributed by atoms with E-state index in [0.29, 0.717) is 11.7 Å². The van der Waals surface area contributed by atoms with Crippen LogP contribution in [0, 0.1) is 5.82 Å². The fraction of sp³-hybridized carbons (Fsp3) is 0.591. The summed E-state index contributed by atoms with van der Waals surface area (Å²) in [5, 5.41) is 0. The van der Waals surface area contributed by atoms with E-state index in [9.17, 15) is 9.18 Å². The molecule has 0 saturated heterocycles. The van der Waals surface area contributed by atoms with Crippen molar-refractivity contribution in [2.45, 2.75) is 50.7 Å². The average Bonchev–Trinajstić information content (AvgIpc) is 2.68. The Kier molecular flexibility index (Phi) is 8.95. The van der Waals surface area contributed by atoms with Crippen molar-refractivity contribution in [1.29, 1.82) is 0 Å². The summed E-state index contributed by atoms with van der Waals surface area (Å²) in [6, 6.07) is 6.00. The lowest BCUT2D eigenvalue weighted by atomic mass is 9.91. The molecule has 0 aliphatic heterocycles. The van der Waals surface area contributed by atoms with Crippen molar-refractivity contribution in [2.75, 3.05) is 33.8 Å². The average molecular weight is 377 g/mol. The third kappa shape index (κ3) is 7.07. The van der Waals surface area contributed by atoms with Gasteiger partial charge in [-0.3, -0.25) is 4.79 Å². The van der Waals surface area contributed by atoms with E-state index in [2.05, 4.69) is 18.5 Å². The molecule has 0 unspecified atom stereocenters. The lowest BCUT2D eigenvalue weighted by molar-refractivity contribution is 0.00881. The molecule has 1 fully saturated rings. The molecule has 2 rings (SSSR count). The minimum atomic E-state index is -0.320. The predicted molar refractivity (Wildman–Crippen MR) is 107 cm³/mol. The quantitative estimate of drug-likeness (QED) is 0.455. The minimum absolute atomic E-state index is 0.0389. The molecule has 1 saturated carbocycles. The summed E-state index contributed by atoms with van der Waals surface area (Å²) in [7, 11) is 3.95. The second-order valence-electron chi connectivity index (χ2n) is 7.48. The Morgan fingerprint density at radius 3 is 2.48 bits per heavy atom. The van der Waals surface area contributed by atoms with Crippen molar-refractivity contribution in [1.82, 2.24) is 9.80 Å². The van der Waals surface area contributed by atoms with E-state index in [1.54, 1.807) is 17.0 Å². The summed E-state index contributed by atoms with van der Waals surface area (Å²) in [5.74, 6) is -0.359. The Hall–Kier alpha value is -1.72. The number of likely N-dealkylation sites (N-methyl/N-ethyl adjacent to an activating group) is 1. The molecule has 0 bridgehead atoms. The molecule has 5 heteroatoms. The van der Waals surface area contributed by atoms with Crippen molar-refractivity contribution < 1.29 is 13.9 Å². The highest BCUT2D eigenvalue weighted by Gasteiger charge is 2.27. The molecule has 0 aromatic heterocycles. The second kappa shape index (κ2) is 11.2. The molecule has 1 aromatic rings. The molecule has 1 aliphatic carbocycles. The van der Waals surface area contributed by atoms with Crippen LogP contribution in [0.3, 0.4) is 0 Å². The SMILES string of the molecule is C=CCN(C)CCCCOC1CCC(N(C)C(=O)c2ccc(F)cc2)CC1. The van der Waals surface area contributed by atoms with Gasteiger partial charge in [0.1, 0.15) is 5.82 Å². The Labute approximate surface area is 163 Å². The molecule has 27 heavy (non-hydrogen) atoms. The van der Waals surface area contributed by atoms with Crippen LogP contribution in [0.1, 0.15) is 48.9 Å². The lowest BCUT2D eigenvalue weighted by Gasteiger charge is -2.34.